The second-order valence-electron chi connectivity index (χ2n) is 8.47. The molecule has 0 radical (unpaired) electrons. The van der Waals surface area contributed by atoms with Crippen molar-refractivity contribution in [3.63, 3.8) is 0 Å². The van der Waals surface area contributed by atoms with Crippen molar-refractivity contribution in [1.82, 2.24) is 20.0 Å². The van der Waals surface area contributed by atoms with Gasteiger partial charge in [0.25, 0.3) is 5.91 Å². The largest absolute Gasteiger partial charge is 0.443 e. The summed E-state index contributed by atoms with van der Waals surface area (Å²) in [6, 6.07) is 5.46. The maximum Gasteiger partial charge on any atom is 0.324 e. The molecule has 2 aliphatic rings. The van der Waals surface area contributed by atoms with E-state index in [1.165, 1.54) is 18.7 Å². The molecule has 1 aromatic carbocycles. The number of aromatic nitrogens is 3. The van der Waals surface area contributed by atoms with E-state index in [1.807, 2.05) is 4.90 Å². The van der Waals surface area contributed by atoms with Gasteiger partial charge in [0.15, 0.2) is 18.0 Å². The normalized spacial score (nSPS) is 17.0. The van der Waals surface area contributed by atoms with Crippen molar-refractivity contribution in [2.75, 3.05) is 18.0 Å². The molecule has 32 heavy (non-hydrogen) atoms. The number of piperidine rings is 1. The zero-order valence-corrected chi connectivity index (χ0v) is 18.0. The Morgan fingerprint density at radius 3 is 2.66 bits per heavy atom. The molecule has 1 aliphatic heterocycles. The number of anilines is 1. The van der Waals surface area contributed by atoms with Crippen molar-refractivity contribution in [1.29, 1.82) is 0 Å². The van der Waals surface area contributed by atoms with Crippen LogP contribution in [0.15, 0.2) is 39.7 Å². The molecular formula is C23H26FN5O3. The molecular weight excluding hydrogens is 413 g/mol. The first-order valence-electron chi connectivity index (χ1n) is 11.2. The average molecular weight is 439 g/mol. The lowest BCUT2D eigenvalue weighted by Gasteiger charge is -2.38. The van der Waals surface area contributed by atoms with Crippen LogP contribution in [0.2, 0.25) is 0 Å². The standard InChI is InChI=1S/C23H26FN5O3/c1-2-3-21-26-23(32-27-21)28-10-8-17(9-11-28)29(16-5-6-16)22(30)15-4-7-18(19(24)12-15)20-13-25-14-31-20/h4,7,12-14,16-17H,2-3,5-6,8-11H2,1H3. The summed E-state index contributed by atoms with van der Waals surface area (Å²) in [6.07, 6.45) is 8.10. The number of hydrogen-bond donors (Lipinski definition) is 0. The molecule has 8 nitrogen and oxygen atoms in total. The molecule has 0 spiro atoms. The summed E-state index contributed by atoms with van der Waals surface area (Å²) in [5.74, 6) is 0.473. The molecule has 9 heteroatoms. The summed E-state index contributed by atoms with van der Waals surface area (Å²) in [7, 11) is 0. The van der Waals surface area contributed by atoms with Gasteiger partial charge in [0.1, 0.15) is 5.82 Å². The van der Waals surface area contributed by atoms with E-state index in [4.69, 9.17) is 8.94 Å². The Balaban J connectivity index is 1.28. The Hall–Kier alpha value is -3.23. The Bertz CT molecular complexity index is 1070. The summed E-state index contributed by atoms with van der Waals surface area (Å²) >= 11 is 0. The topological polar surface area (TPSA) is 88.5 Å². The highest BCUT2D eigenvalue weighted by Crippen LogP contribution is 2.34. The highest BCUT2D eigenvalue weighted by Gasteiger charge is 2.39. The lowest BCUT2D eigenvalue weighted by Crippen LogP contribution is -2.48. The van der Waals surface area contributed by atoms with Crippen LogP contribution in [0.1, 0.15) is 55.2 Å². The van der Waals surface area contributed by atoms with Gasteiger partial charge >= 0.3 is 6.01 Å². The van der Waals surface area contributed by atoms with Gasteiger partial charge in [-0.25, -0.2) is 9.37 Å². The quantitative estimate of drug-likeness (QED) is 0.548. The fourth-order valence-electron chi connectivity index (χ4n) is 4.36. The molecule has 0 unspecified atom stereocenters. The van der Waals surface area contributed by atoms with Crippen LogP contribution in [-0.4, -0.2) is 51.1 Å². The zero-order valence-electron chi connectivity index (χ0n) is 18.0. The molecule has 3 heterocycles. The van der Waals surface area contributed by atoms with Crippen molar-refractivity contribution in [3.05, 3.63) is 48.0 Å². The van der Waals surface area contributed by atoms with Gasteiger partial charge in [0.2, 0.25) is 0 Å². The van der Waals surface area contributed by atoms with Gasteiger partial charge in [-0.05, 0) is 50.3 Å². The Labute approximate surface area is 185 Å². The van der Waals surface area contributed by atoms with E-state index in [2.05, 4.69) is 26.9 Å². The van der Waals surface area contributed by atoms with Crippen LogP contribution < -0.4 is 4.90 Å². The van der Waals surface area contributed by atoms with Crippen LogP contribution >= 0.6 is 0 Å². The summed E-state index contributed by atoms with van der Waals surface area (Å²) in [5.41, 5.74) is 0.661. The Morgan fingerprint density at radius 2 is 2.00 bits per heavy atom. The molecule has 1 saturated heterocycles. The number of carbonyl (C=O) groups excluding carboxylic acids is 1. The van der Waals surface area contributed by atoms with Gasteiger partial charge in [-0.3, -0.25) is 4.79 Å². The van der Waals surface area contributed by atoms with Crippen LogP contribution in [0.4, 0.5) is 10.4 Å². The number of halogens is 1. The third-order valence-electron chi connectivity index (χ3n) is 6.15. The monoisotopic (exact) mass is 439 g/mol. The smallest absolute Gasteiger partial charge is 0.324 e. The molecule has 2 fully saturated rings. The van der Waals surface area contributed by atoms with Gasteiger partial charge in [-0.1, -0.05) is 12.1 Å². The van der Waals surface area contributed by atoms with Crippen LogP contribution in [0.5, 0.6) is 0 Å². The first-order chi connectivity index (χ1) is 15.6. The minimum atomic E-state index is -0.488. The minimum absolute atomic E-state index is 0.112. The van der Waals surface area contributed by atoms with E-state index in [9.17, 15) is 9.18 Å². The van der Waals surface area contributed by atoms with Gasteiger partial charge in [0, 0.05) is 37.2 Å². The fourth-order valence-corrected chi connectivity index (χ4v) is 4.36. The second-order valence-corrected chi connectivity index (χ2v) is 8.47. The molecule has 1 aliphatic carbocycles. The van der Waals surface area contributed by atoms with Crippen molar-refractivity contribution in [2.24, 2.45) is 0 Å². The number of hydrogen-bond acceptors (Lipinski definition) is 7. The molecule has 0 N–H and O–H groups in total. The van der Waals surface area contributed by atoms with Crippen LogP contribution in [-0.2, 0) is 6.42 Å². The fraction of sp³-hybridized carbons (Fsp3) is 0.478. The van der Waals surface area contributed by atoms with E-state index in [1.54, 1.807) is 12.1 Å². The molecule has 2 aromatic heterocycles. The Kier molecular flexibility index (Phi) is 5.63. The maximum absolute atomic E-state index is 14.7. The van der Waals surface area contributed by atoms with E-state index in [-0.39, 0.29) is 18.0 Å². The number of amides is 1. The SMILES string of the molecule is CCCc1noc(N2CCC(N(C(=O)c3ccc(-c4cnco4)c(F)c3)C3CC3)CC2)n1. The van der Waals surface area contributed by atoms with Gasteiger partial charge in [-0.2, -0.15) is 4.98 Å². The van der Waals surface area contributed by atoms with Crippen LogP contribution in [0, 0.1) is 5.82 Å². The molecule has 5 rings (SSSR count). The van der Waals surface area contributed by atoms with Crippen LogP contribution in [0.3, 0.4) is 0 Å². The van der Waals surface area contributed by atoms with Crippen molar-refractivity contribution in [2.45, 2.75) is 57.5 Å². The highest BCUT2D eigenvalue weighted by atomic mass is 19.1. The third kappa shape index (κ3) is 4.11. The third-order valence-corrected chi connectivity index (χ3v) is 6.15. The number of benzene rings is 1. The minimum Gasteiger partial charge on any atom is -0.443 e. The lowest BCUT2D eigenvalue weighted by molar-refractivity contribution is 0.0629. The second kappa shape index (κ2) is 8.72. The first-order valence-corrected chi connectivity index (χ1v) is 11.2. The predicted molar refractivity (Wildman–Crippen MR) is 115 cm³/mol. The molecule has 0 atom stereocenters. The number of carbonyl (C=O) groups is 1. The number of aryl methyl sites for hydroxylation is 1. The van der Waals surface area contributed by atoms with E-state index in [0.717, 1.165) is 57.4 Å². The average Bonchev–Trinajstić information content (AvgIpc) is 3.28. The number of rotatable bonds is 7. The highest BCUT2D eigenvalue weighted by molar-refractivity contribution is 5.95. The van der Waals surface area contributed by atoms with E-state index < -0.39 is 5.82 Å². The summed E-state index contributed by atoms with van der Waals surface area (Å²) in [5, 5.41) is 4.04. The summed E-state index contributed by atoms with van der Waals surface area (Å²) < 4.78 is 25.3. The summed E-state index contributed by atoms with van der Waals surface area (Å²) in [4.78, 5) is 25.7. The number of oxazole rings is 1. The molecule has 1 amide bonds. The van der Waals surface area contributed by atoms with Crippen LogP contribution in [0.25, 0.3) is 11.3 Å². The Morgan fingerprint density at radius 1 is 1.22 bits per heavy atom. The number of nitrogens with zero attached hydrogens (tertiary/aromatic N) is 5. The van der Waals surface area contributed by atoms with Crippen molar-refractivity contribution < 1.29 is 18.1 Å². The predicted octanol–water partition coefficient (Wildman–Crippen LogP) is 4.09. The first kappa shape index (κ1) is 20.7. The van der Waals surface area contributed by atoms with E-state index in [0.29, 0.717) is 22.9 Å². The molecule has 3 aromatic rings. The van der Waals surface area contributed by atoms with Gasteiger partial charge < -0.3 is 18.7 Å². The van der Waals surface area contributed by atoms with Crippen molar-refractivity contribution >= 4 is 11.9 Å². The molecule has 1 saturated carbocycles. The maximum atomic E-state index is 14.7. The lowest BCUT2D eigenvalue weighted by atomic mass is 10.0. The molecule has 168 valence electrons. The van der Waals surface area contributed by atoms with Gasteiger partial charge in [-0.15, -0.1) is 0 Å². The molecule has 0 bridgehead atoms. The van der Waals surface area contributed by atoms with E-state index >= 15 is 0 Å². The summed E-state index contributed by atoms with van der Waals surface area (Å²) in [6.45, 7) is 3.57. The zero-order chi connectivity index (χ0) is 22.1. The van der Waals surface area contributed by atoms with Gasteiger partial charge in [0.05, 0.1) is 11.8 Å². The van der Waals surface area contributed by atoms with Crippen molar-refractivity contribution in [3.8, 4) is 11.3 Å².